The van der Waals surface area contributed by atoms with Crippen LogP contribution in [0, 0.1) is 22.7 Å². The van der Waals surface area contributed by atoms with Crippen molar-refractivity contribution >= 4 is 5.97 Å². The fourth-order valence-corrected chi connectivity index (χ4v) is 7.01. The number of carbonyl (C=O) groups excluding carboxylic acids is 1. The summed E-state index contributed by atoms with van der Waals surface area (Å²) in [7, 11) is 0. The van der Waals surface area contributed by atoms with Crippen molar-refractivity contribution in [2.45, 2.75) is 88.9 Å². The molecule has 2 heterocycles. The van der Waals surface area contributed by atoms with Crippen molar-refractivity contribution in [1.29, 1.82) is 0 Å². The molecule has 11 atom stereocenters. The molecule has 0 bridgehead atoms. The summed E-state index contributed by atoms with van der Waals surface area (Å²) >= 11 is 0. The van der Waals surface area contributed by atoms with E-state index < -0.39 is 60.9 Å². The zero-order valence-electron chi connectivity index (χ0n) is 21.0. The van der Waals surface area contributed by atoms with Crippen molar-refractivity contribution in [3.8, 4) is 0 Å². The maximum atomic E-state index is 12.0. The van der Waals surface area contributed by atoms with Crippen molar-refractivity contribution in [3.63, 3.8) is 0 Å². The highest BCUT2D eigenvalue weighted by Crippen LogP contribution is 2.62. The molecule has 2 saturated carbocycles. The van der Waals surface area contributed by atoms with Gasteiger partial charge in [-0.1, -0.05) is 32.1 Å². The molecule has 0 spiro atoms. The average Bonchev–Trinajstić information content (AvgIpc) is 3.16. The Morgan fingerprint density at radius 2 is 1.83 bits per heavy atom. The number of ether oxygens (including phenoxy) is 3. The van der Waals surface area contributed by atoms with Gasteiger partial charge in [0.15, 0.2) is 6.29 Å². The zero-order chi connectivity index (χ0) is 26.4. The molecule has 0 aromatic rings. The molecule has 2 aliphatic carbocycles. The van der Waals surface area contributed by atoms with Crippen molar-refractivity contribution in [2.75, 3.05) is 19.8 Å². The lowest BCUT2D eigenvalue weighted by Crippen LogP contribution is -2.61. The molecule has 4 aliphatic rings. The molecule has 2 saturated heterocycles. The molecular formula is C26H40O10. The van der Waals surface area contributed by atoms with Crippen LogP contribution < -0.4 is 0 Å². The molecule has 4 fully saturated rings. The smallest absolute Gasteiger partial charge is 0.336 e. The van der Waals surface area contributed by atoms with Gasteiger partial charge in [-0.15, -0.1) is 0 Å². The van der Waals surface area contributed by atoms with Crippen LogP contribution in [0.15, 0.2) is 23.8 Å². The Labute approximate surface area is 211 Å². The first-order valence-electron chi connectivity index (χ1n) is 12.8. The third-order valence-electron chi connectivity index (χ3n) is 9.30. The summed E-state index contributed by atoms with van der Waals surface area (Å²) < 4.78 is 16.4. The van der Waals surface area contributed by atoms with Gasteiger partial charge in [-0.05, 0) is 49.4 Å². The van der Waals surface area contributed by atoms with Gasteiger partial charge in [0.2, 0.25) is 0 Å². The van der Waals surface area contributed by atoms with Crippen LogP contribution in [0.25, 0.3) is 0 Å². The van der Waals surface area contributed by atoms with Gasteiger partial charge in [-0.3, -0.25) is 0 Å². The Hall–Kier alpha value is -1.37. The highest BCUT2D eigenvalue weighted by molar-refractivity contribution is 5.91. The van der Waals surface area contributed by atoms with Gasteiger partial charge >= 0.3 is 5.97 Å². The fourth-order valence-electron chi connectivity index (χ4n) is 7.01. The molecule has 36 heavy (non-hydrogen) atoms. The van der Waals surface area contributed by atoms with Crippen LogP contribution in [0.4, 0.5) is 0 Å². The van der Waals surface area contributed by atoms with Crippen molar-refractivity contribution in [2.24, 2.45) is 22.7 Å². The van der Waals surface area contributed by atoms with Crippen molar-refractivity contribution in [3.05, 3.63) is 23.8 Å². The van der Waals surface area contributed by atoms with Gasteiger partial charge < -0.3 is 44.8 Å². The molecule has 0 aromatic heterocycles. The lowest BCUT2D eigenvalue weighted by atomic mass is 9.46. The molecule has 0 amide bonds. The number of cyclic esters (lactones) is 1. The molecule has 6 N–H and O–H groups in total. The van der Waals surface area contributed by atoms with E-state index in [4.69, 9.17) is 14.2 Å². The van der Waals surface area contributed by atoms with E-state index >= 15 is 0 Å². The molecule has 0 radical (unpaired) electrons. The molecule has 4 rings (SSSR count). The second-order valence-electron chi connectivity index (χ2n) is 11.4. The molecule has 10 heteroatoms. The van der Waals surface area contributed by atoms with Gasteiger partial charge in [0.1, 0.15) is 37.1 Å². The van der Waals surface area contributed by atoms with Crippen molar-refractivity contribution in [1.82, 2.24) is 0 Å². The minimum atomic E-state index is -1.54. The lowest BCUT2D eigenvalue weighted by molar-refractivity contribution is -0.313. The number of hydrogen-bond acceptors (Lipinski definition) is 10. The molecular weight excluding hydrogens is 472 g/mol. The van der Waals surface area contributed by atoms with Gasteiger partial charge in [0, 0.05) is 5.41 Å². The van der Waals surface area contributed by atoms with Crippen LogP contribution >= 0.6 is 0 Å². The molecule has 10 nitrogen and oxygen atoms in total. The summed E-state index contributed by atoms with van der Waals surface area (Å²) in [5.41, 5.74) is 0.356. The van der Waals surface area contributed by atoms with Gasteiger partial charge in [0.05, 0.1) is 24.9 Å². The SMILES string of the molecule is C=C1CCC2C(C)(CO[C@@H]3O[C@H](CO)[C@@H](O)[C@H](O)[C@H]3O)C(O)CCC2(C)C1C/C=C1/C(=O)OCC1O. The summed E-state index contributed by atoms with van der Waals surface area (Å²) in [5, 5.41) is 61.3. The predicted molar refractivity (Wildman–Crippen MR) is 126 cm³/mol. The van der Waals surface area contributed by atoms with E-state index in [0.29, 0.717) is 12.8 Å². The average molecular weight is 513 g/mol. The lowest BCUT2D eigenvalue weighted by Gasteiger charge is -2.60. The van der Waals surface area contributed by atoms with E-state index in [9.17, 15) is 35.4 Å². The van der Waals surface area contributed by atoms with E-state index in [1.165, 1.54) is 0 Å². The summed E-state index contributed by atoms with van der Waals surface area (Å²) in [6.45, 7) is 7.89. The first kappa shape index (κ1) is 27.7. The number of esters is 1. The van der Waals surface area contributed by atoms with Crippen LogP contribution in [0.2, 0.25) is 0 Å². The topological polar surface area (TPSA) is 166 Å². The van der Waals surface area contributed by atoms with E-state index in [1.54, 1.807) is 6.08 Å². The largest absolute Gasteiger partial charge is 0.459 e. The van der Waals surface area contributed by atoms with Gasteiger partial charge in [-0.2, -0.15) is 0 Å². The van der Waals surface area contributed by atoms with E-state index in [0.717, 1.165) is 24.8 Å². The van der Waals surface area contributed by atoms with Crippen LogP contribution in [0.5, 0.6) is 0 Å². The number of fused-ring (bicyclic) bond motifs is 1. The number of aliphatic hydroxyl groups is 6. The van der Waals surface area contributed by atoms with Gasteiger partial charge in [0.25, 0.3) is 0 Å². The number of rotatable bonds is 6. The molecule has 204 valence electrons. The second-order valence-corrected chi connectivity index (χ2v) is 11.4. The maximum absolute atomic E-state index is 12.0. The van der Waals surface area contributed by atoms with Crippen molar-refractivity contribution < 1.29 is 49.6 Å². The normalized spacial score (nSPS) is 48.7. The van der Waals surface area contributed by atoms with E-state index in [2.05, 4.69) is 13.5 Å². The standard InChI is InChI=1S/C26H40O10/c1-13-4-7-18-25(2,15(13)6-5-14-16(28)11-34-23(14)33)9-8-19(29)26(18,3)12-35-24-22(32)21(31)20(30)17(10-27)36-24/h5,15-22,24,27-32H,1,4,6-12H2,2-3H3/b14-5+/t15?,16?,17-,18?,19?,20-,21+,22-,24-,25?,26?/m1/s1. The molecule has 2 aliphatic heterocycles. The minimum absolute atomic E-state index is 0.00740. The quantitative estimate of drug-likeness (QED) is 0.159. The summed E-state index contributed by atoms with van der Waals surface area (Å²) in [5.74, 6) is -0.473. The number of carbonyl (C=O) groups is 1. The predicted octanol–water partition coefficient (Wildman–Crippen LogP) is -0.213. The van der Waals surface area contributed by atoms with Crippen LogP contribution in [0.3, 0.4) is 0 Å². The second kappa shape index (κ2) is 10.4. The number of aliphatic hydroxyl groups excluding tert-OH is 6. The highest BCUT2D eigenvalue weighted by atomic mass is 16.7. The Morgan fingerprint density at radius 3 is 2.47 bits per heavy atom. The Bertz CT molecular complexity index is 873. The third kappa shape index (κ3) is 4.67. The molecule has 6 unspecified atom stereocenters. The van der Waals surface area contributed by atoms with Crippen LogP contribution in [-0.2, 0) is 19.0 Å². The van der Waals surface area contributed by atoms with Crippen LogP contribution in [-0.4, -0.2) is 99.3 Å². The first-order valence-corrected chi connectivity index (χ1v) is 12.8. The summed E-state index contributed by atoms with van der Waals surface area (Å²) in [6, 6.07) is 0. The fraction of sp³-hybridized carbons (Fsp3) is 0.808. The number of allylic oxidation sites excluding steroid dienone is 2. The monoisotopic (exact) mass is 512 g/mol. The molecule has 0 aromatic carbocycles. The first-order chi connectivity index (χ1) is 16.9. The van der Waals surface area contributed by atoms with E-state index in [-0.39, 0.29) is 36.0 Å². The van der Waals surface area contributed by atoms with Crippen LogP contribution in [0.1, 0.15) is 46.0 Å². The maximum Gasteiger partial charge on any atom is 0.336 e. The Kier molecular flexibility index (Phi) is 8.00. The summed E-state index contributed by atoms with van der Waals surface area (Å²) in [6.07, 6.45) is -3.42. The third-order valence-corrected chi connectivity index (χ3v) is 9.30. The van der Waals surface area contributed by atoms with Gasteiger partial charge in [-0.25, -0.2) is 4.79 Å². The van der Waals surface area contributed by atoms with E-state index in [1.807, 2.05) is 6.92 Å². The zero-order valence-corrected chi connectivity index (χ0v) is 21.0. The summed E-state index contributed by atoms with van der Waals surface area (Å²) in [4.78, 5) is 12.0. The Balaban J connectivity index is 1.54. The highest BCUT2D eigenvalue weighted by Gasteiger charge is 2.58. The minimum Gasteiger partial charge on any atom is -0.459 e. The Morgan fingerprint density at radius 1 is 1.11 bits per heavy atom. The number of hydrogen-bond donors (Lipinski definition) is 6.